The van der Waals surface area contributed by atoms with Gasteiger partial charge in [-0.3, -0.25) is 0 Å². The third-order valence-electron chi connectivity index (χ3n) is 1.98. The van der Waals surface area contributed by atoms with Crippen LogP contribution in [-0.2, 0) is 0 Å². The molecule has 0 radical (unpaired) electrons. The summed E-state index contributed by atoms with van der Waals surface area (Å²) >= 11 is 0. The SMILES string of the molecule is CC.CC.CCC/C(C)=C(/C)CCC. The molecular weight excluding hydrogens is 168 g/mol. The highest BCUT2D eigenvalue weighted by molar-refractivity contribution is 5.08. The van der Waals surface area contributed by atoms with Gasteiger partial charge in [0.25, 0.3) is 0 Å². The van der Waals surface area contributed by atoms with E-state index in [1.54, 1.807) is 11.1 Å². The van der Waals surface area contributed by atoms with Gasteiger partial charge in [0.05, 0.1) is 0 Å². The Morgan fingerprint density at radius 1 is 0.643 bits per heavy atom. The molecule has 0 bridgehead atoms. The summed E-state index contributed by atoms with van der Waals surface area (Å²) in [7, 11) is 0. The van der Waals surface area contributed by atoms with E-state index in [-0.39, 0.29) is 0 Å². The molecule has 0 fully saturated rings. The van der Waals surface area contributed by atoms with Crippen molar-refractivity contribution in [2.24, 2.45) is 0 Å². The molecule has 0 saturated carbocycles. The van der Waals surface area contributed by atoms with Gasteiger partial charge in [-0.25, -0.2) is 0 Å². The Bertz CT molecular complexity index is 95.2. The standard InChI is InChI=1S/C10H20.2C2H6/c1-5-7-9(3)10(4)8-6-2;2*1-2/h5-8H2,1-4H3;2*1-2H3/b10-9-;;. The highest BCUT2D eigenvalue weighted by Gasteiger charge is 1.93. The first-order chi connectivity index (χ1) is 6.72. The molecule has 14 heavy (non-hydrogen) atoms. The summed E-state index contributed by atoms with van der Waals surface area (Å²) in [6.45, 7) is 17.0. The Balaban J connectivity index is -0.000000266. The number of hydrogen-bond donors (Lipinski definition) is 0. The third-order valence-corrected chi connectivity index (χ3v) is 1.98. The summed E-state index contributed by atoms with van der Waals surface area (Å²) in [6, 6.07) is 0. The van der Waals surface area contributed by atoms with Crippen LogP contribution < -0.4 is 0 Å². The van der Waals surface area contributed by atoms with Crippen LogP contribution >= 0.6 is 0 Å². The van der Waals surface area contributed by atoms with Crippen molar-refractivity contribution in [3.63, 3.8) is 0 Å². The first-order valence-electron chi connectivity index (χ1n) is 6.37. The normalized spacial score (nSPS) is 10.3. The second-order valence-electron chi connectivity index (χ2n) is 3.06. The highest BCUT2D eigenvalue weighted by atomic mass is 14.0. The van der Waals surface area contributed by atoms with E-state index in [4.69, 9.17) is 0 Å². The average molecular weight is 200 g/mol. The molecule has 0 N–H and O–H groups in total. The van der Waals surface area contributed by atoms with Crippen LogP contribution in [-0.4, -0.2) is 0 Å². The molecule has 0 aromatic carbocycles. The van der Waals surface area contributed by atoms with Gasteiger partial charge in [0.15, 0.2) is 0 Å². The van der Waals surface area contributed by atoms with Crippen LogP contribution in [0.25, 0.3) is 0 Å². The van der Waals surface area contributed by atoms with Crippen molar-refractivity contribution < 1.29 is 0 Å². The zero-order valence-corrected chi connectivity index (χ0v) is 11.8. The van der Waals surface area contributed by atoms with Crippen LogP contribution in [0.5, 0.6) is 0 Å². The van der Waals surface area contributed by atoms with Gasteiger partial charge in [0.1, 0.15) is 0 Å². The largest absolute Gasteiger partial charge is 0.0744 e. The third kappa shape index (κ3) is 14.3. The molecule has 0 unspecified atom stereocenters. The van der Waals surface area contributed by atoms with Gasteiger partial charge < -0.3 is 0 Å². The van der Waals surface area contributed by atoms with E-state index in [1.165, 1.54) is 25.7 Å². The molecule has 0 aromatic heterocycles. The Morgan fingerprint density at radius 2 is 0.857 bits per heavy atom. The molecule has 0 heteroatoms. The molecule has 0 aliphatic heterocycles. The van der Waals surface area contributed by atoms with Crippen LogP contribution in [0, 0.1) is 0 Å². The monoisotopic (exact) mass is 200 g/mol. The summed E-state index contributed by atoms with van der Waals surface area (Å²) in [6.07, 6.45) is 5.14. The van der Waals surface area contributed by atoms with Gasteiger partial charge in [-0.15, -0.1) is 0 Å². The predicted octanol–water partition coefficient (Wildman–Crippen LogP) is 5.98. The molecule has 0 saturated heterocycles. The lowest BCUT2D eigenvalue weighted by molar-refractivity contribution is 0.837. The number of rotatable bonds is 4. The lowest BCUT2D eigenvalue weighted by Gasteiger charge is -2.04. The van der Waals surface area contributed by atoms with Crippen LogP contribution in [0.1, 0.15) is 81.1 Å². The van der Waals surface area contributed by atoms with E-state index in [2.05, 4.69) is 27.7 Å². The van der Waals surface area contributed by atoms with E-state index in [0.717, 1.165) is 0 Å². The van der Waals surface area contributed by atoms with Crippen molar-refractivity contribution in [2.75, 3.05) is 0 Å². The van der Waals surface area contributed by atoms with Crippen molar-refractivity contribution in [3.05, 3.63) is 11.1 Å². The molecule has 0 nitrogen and oxygen atoms in total. The van der Waals surface area contributed by atoms with Crippen molar-refractivity contribution in [2.45, 2.75) is 81.1 Å². The van der Waals surface area contributed by atoms with Crippen LogP contribution in [0.2, 0.25) is 0 Å². The lowest BCUT2D eigenvalue weighted by atomic mass is 10.0. The minimum absolute atomic E-state index is 1.28. The summed E-state index contributed by atoms with van der Waals surface area (Å²) in [5.74, 6) is 0. The topological polar surface area (TPSA) is 0 Å². The maximum atomic E-state index is 2.26. The highest BCUT2D eigenvalue weighted by Crippen LogP contribution is 2.13. The molecule has 0 heterocycles. The summed E-state index contributed by atoms with van der Waals surface area (Å²) in [5.41, 5.74) is 3.20. The van der Waals surface area contributed by atoms with Crippen molar-refractivity contribution >= 4 is 0 Å². The fourth-order valence-electron chi connectivity index (χ4n) is 1.18. The molecular formula is C14H32. The minimum atomic E-state index is 1.28. The fourth-order valence-corrected chi connectivity index (χ4v) is 1.18. The summed E-state index contributed by atoms with van der Waals surface area (Å²) < 4.78 is 0. The van der Waals surface area contributed by atoms with Gasteiger partial charge >= 0.3 is 0 Å². The first kappa shape index (κ1) is 19.3. The van der Waals surface area contributed by atoms with E-state index < -0.39 is 0 Å². The maximum Gasteiger partial charge on any atom is -0.0323 e. The molecule has 0 aliphatic rings. The van der Waals surface area contributed by atoms with Gasteiger partial charge in [0.2, 0.25) is 0 Å². The van der Waals surface area contributed by atoms with Crippen LogP contribution in [0.4, 0.5) is 0 Å². The number of hydrogen-bond acceptors (Lipinski definition) is 0. The summed E-state index contributed by atoms with van der Waals surface area (Å²) in [4.78, 5) is 0. The fraction of sp³-hybridized carbons (Fsp3) is 0.857. The Kier molecular flexibility index (Phi) is 25.6. The average Bonchev–Trinajstić information content (AvgIpc) is 2.24. The zero-order chi connectivity index (χ0) is 12.0. The zero-order valence-electron chi connectivity index (χ0n) is 11.8. The second kappa shape index (κ2) is 18.5. The minimum Gasteiger partial charge on any atom is -0.0744 e. The van der Waals surface area contributed by atoms with Gasteiger partial charge in [-0.2, -0.15) is 0 Å². The molecule has 0 aromatic rings. The summed E-state index contributed by atoms with van der Waals surface area (Å²) in [5, 5.41) is 0. The van der Waals surface area contributed by atoms with Crippen molar-refractivity contribution in [1.82, 2.24) is 0 Å². The molecule has 0 spiro atoms. The van der Waals surface area contributed by atoms with Gasteiger partial charge in [-0.05, 0) is 26.7 Å². The smallest absolute Gasteiger partial charge is 0.0323 e. The number of allylic oxidation sites excluding steroid dienone is 2. The Morgan fingerprint density at radius 3 is 1.00 bits per heavy atom. The molecule has 0 amide bonds. The van der Waals surface area contributed by atoms with Gasteiger partial charge in [-0.1, -0.05) is 65.5 Å². The second-order valence-corrected chi connectivity index (χ2v) is 3.06. The Hall–Kier alpha value is -0.260. The van der Waals surface area contributed by atoms with E-state index in [9.17, 15) is 0 Å². The Labute approximate surface area is 92.8 Å². The van der Waals surface area contributed by atoms with E-state index in [0.29, 0.717) is 0 Å². The van der Waals surface area contributed by atoms with Crippen LogP contribution in [0.15, 0.2) is 11.1 Å². The lowest BCUT2D eigenvalue weighted by Crippen LogP contribution is -1.83. The molecule has 0 aliphatic carbocycles. The van der Waals surface area contributed by atoms with Gasteiger partial charge in [0, 0.05) is 0 Å². The molecule has 0 atom stereocenters. The quantitative estimate of drug-likeness (QED) is 0.490. The van der Waals surface area contributed by atoms with Crippen molar-refractivity contribution in [1.29, 1.82) is 0 Å². The van der Waals surface area contributed by atoms with Crippen LogP contribution in [0.3, 0.4) is 0 Å². The maximum absolute atomic E-state index is 2.26. The molecule has 88 valence electrons. The van der Waals surface area contributed by atoms with E-state index >= 15 is 0 Å². The molecule has 0 rings (SSSR count). The predicted molar refractivity (Wildman–Crippen MR) is 70.9 cm³/mol. The van der Waals surface area contributed by atoms with Crippen molar-refractivity contribution in [3.8, 4) is 0 Å². The first-order valence-corrected chi connectivity index (χ1v) is 6.37. The van der Waals surface area contributed by atoms with E-state index in [1.807, 2.05) is 27.7 Å².